The normalized spacial score (nSPS) is 13.8. The molecule has 0 heterocycles. The molecule has 4 N–H and O–H groups in total. The van der Waals surface area contributed by atoms with Crippen LogP contribution in [0.4, 0.5) is 11.4 Å². The smallest absolute Gasteiger partial charge is 0.293 e. The number of hydrogen-bond donors (Lipinski definition) is 3. The average Bonchev–Trinajstić information content (AvgIpc) is 2.36. The molecule has 0 aliphatic heterocycles. The molecule has 2 atom stereocenters. The predicted octanol–water partition coefficient (Wildman–Crippen LogP) is 1.50. The zero-order valence-electron chi connectivity index (χ0n) is 10.4. The van der Waals surface area contributed by atoms with Crippen LogP contribution in [-0.2, 0) is 4.79 Å². The number of hydrogen-bond acceptors (Lipinski definition) is 7. The summed E-state index contributed by atoms with van der Waals surface area (Å²) < 4.78 is 0. The number of benzene rings is 1. The fourth-order valence-electron chi connectivity index (χ4n) is 1.52. The molecule has 0 radical (unpaired) electrons. The number of rotatable bonds is 5. The Morgan fingerprint density at radius 2 is 2.15 bits per heavy atom. The van der Waals surface area contributed by atoms with Gasteiger partial charge in [0.05, 0.1) is 11.0 Å². The van der Waals surface area contributed by atoms with Crippen LogP contribution < -0.4 is 5.73 Å². The van der Waals surface area contributed by atoms with Crippen LogP contribution in [0, 0.1) is 10.1 Å². The molecule has 1 rings (SSSR count). The Balaban J connectivity index is 3.06. The van der Waals surface area contributed by atoms with Crippen molar-refractivity contribution < 1.29 is 19.9 Å². The predicted molar refractivity (Wildman–Crippen MR) is 76.6 cm³/mol. The van der Waals surface area contributed by atoms with Crippen LogP contribution in [0.1, 0.15) is 18.6 Å². The van der Waals surface area contributed by atoms with Gasteiger partial charge in [-0.15, -0.1) is 0 Å². The minimum Gasteiger partial charge on any atom is -0.393 e. The maximum Gasteiger partial charge on any atom is 0.293 e. The number of halogens is 1. The lowest BCUT2D eigenvalue weighted by Crippen LogP contribution is -2.22. The molecule has 0 fully saturated rings. The highest BCUT2D eigenvalue weighted by atomic mass is 35.5. The maximum atomic E-state index is 10.8. The maximum absolute atomic E-state index is 10.8. The number of aliphatic hydroxyl groups is 2. The van der Waals surface area contributed by atoms with Crippen LogP contribution in [0.5, 0.6) is 0 Å². The van der Waals surface area contributed by atoms with Gasteiger partial charge in [-0.1, -0.05) is 23.4 Å². The van der Waals surface area contributed by atoms with Crippen molar-refractivity contribution in [3.63, 3.8) is 0 Å². The Bertz CT molecular complexity index is 540. The molecular formula is C11H13ClN2O5S. The fourth-order valence-corrected chi connectivity index (χ4v) is 2.33. The zero-order valence-corrected chi connectivity index (χ0v) is 12.0. The first-order valence-corrected chi connectivity index (χ1v) is 6.83. The number of thioether (sulfide) groups is 1. The second-order valence-corrected chi connectivity index (χ2v) is 5.63. The van der Waals surface area contributed by atoms with Gasteiger partial charge in [0.1, 0.15) is 11.8 Å². The first-order chi connectivity index (χ1) is 9.23. The molecule has 110 valence electrons. The summed E-state index contributed by atoms with van der Waals surface area (Å²) in [6, 6.07) is 2.31. The molecule has 0 aliphatic rings. The van der Waals surface area contributed by atoms with E-state index in [0.717, 1.165) is 17.8 Å². The number of carbonyl (C=O) groups excluding carboxylic acids is 1. The van der Waals surface area contributed by atoms with Gasteiger partial charge < -0.3 is 15.9 Å². The molecule has 1 aromatic rings. The van der Waals surface area contributed by atoms with E-state index >= 15 is 0 Å². The molecule has 0 bridgehead atoms. The number of nitro groups is 1. The van der Waals surface area contributed by atoms with Gasteiger partial charge in [-0.05, 0) is 6.07 Å². The van der Waals surface area contributed by atoms with Crippen molar-refractivity contribution in [3.8, 4) is 0 Å². The van der Waals surface area contributed by atoms with Crippen LogP contribution in [0.2, 0.25) is 5.02 Å². The number of nitrogens with two attached hydrogens (primary N) is 1. The third-order valence-electron chi connectivity index (χ3n) is 2.49. The van der Waals surface area contributed by atoms with E-state index in [4.69, 9.17) is 17.3 Å². The van der Waals surface area contributed by atoms with E-state index in [1.807, 2.05) is 0 Å². The van der Waals surface area contributed by atoms with Crippen molar-refractivity contribution in [2.75, 3.05) is 11.5 Å². The Morgan fingerprint density at radius 1 is 1.55 bits per heavy atom. The summed E-state index contributed by atoms with van der Waals surface area (Å²) >= 11 is 6.56. The van der Waals surface area contributed by atoms with Crippen LogP contribution in [0.3, 0.4) is 0 Å². The summed E-state index contributed by atoms with van der Waals surface area (Å²) in [5.74, 6) is -0.0593. The fraction of sp³-hybridized carbons (Fsp3) is 0.364. The molecule has 0 spiro atoms. The van der Waals surface area contributed by atoms with Crippen molar-refractivity contribution in [2.45, 2.75) is 19.1 Å². The van der Waals surface area contributed by atoms with Crippen molar-refractivity contribution >= 4 is 39.9 Å². The van der Waals surface area contributed by atoms with Gasteiger partial charge in [0, 0.05) is 29.3 Å². The van der Waals surface area contributed by atoms with E-state index in [1.165, 1.54) is 13.0 Å². The van der Waals surface area contributed by atoms with Gasteiger partial charge in [-0.25, -0.2) is 0 Å². The molecule has 0 saturated heterocycles. The molecule has 20 heavy (non-hydrogen) atoms. The quantitative estimate of drug-likeness (QED) is 0.426. The monoisotopic (exact) mass is 320 g/mol. The standard InChI is InChI=1S/C11H13ClN2O5S/c1-5(15)20-4-9(16)11(17)7-2-6(12)3-8(10(7)13)14(18)19/h2-3,9,11,16-17H,4,13H2,1H3. The third kappa shape index (κ3) is 4.07. The molecule has 2 unspecified atom stereocenters. The number of nitrogen functional groups attached to an aromatic ring is 1. The second-order valence-electron chi connectivity index (χ2n) is 4.00. The molecule has 0 amide bonds. The van der Waals surface area contributed by atoms with Crippen LogP contribution in [-0.4, -0.2) is 32.1 Å². The summed E-state index contributed by atoms with van der Waals surface area (Å²) in [5.41, 5.74) is 4.85. The Kier molecular flexibility index (Phi) is 5.75. The Morgan fingerprint density at radius 3 is 2.65 bits per heavy atom. The average molecular weight is 321 g/mol. The lowest BCUT2D eigenvalue weighted by Gasteiger charge is -2.19. The highest BCUT2D eigenvalue weighted by Gasteiger charge is 2.26. The van der Waals surface area contributed by atoms with E-state index < -0.39 is 22.8 Å². The molecule has 0 aromatic heterocycles. The summed E-state index contributed by atoms with van der Waals surface area (Å²) in [5, 5.41) is 30.4. The van der Waals surface area contributed by atoms with E-state index in [-0.39, 0.29) is 27.1 Å². The first kappa shape index (κ1) is 16.7. The van der Waals surface area contributed by atoms with E-state index in [9.17, 15) is 25.1 Å². The lowest BCUT2D eigenvalue weighted by atomic mass is 10.0. The highest BCUT2D eigenvalue weighted by molar-refractivity contribution is 8.13. The van der Waals surface area contributed by atoms with Gasteiger partial charge in [0.25, 0.3) is 5.69 Å². The Hall–Kier alpha value is -1.35. The molecule has 7 nitrogen and oxygen atoms in total. The van der Waals surface area contributed by atoms with E-state index in [0.29, 0.717) is 0 Å². The molecule has 0 saturated carbocycles. The van der Waals surface area contributed by atoms with Gasteiger partial charge in [-0.2, -0.15) is 0 Å². The first-order valence-electron chi connectivity index (χ1n) is 5.46. The summed E-state index contributed by atoms with van der Waals surface area (Å²) in [4.78, 5) is 20.9. The van der Waals surface area contributed by atoms with Gasteiger partial charge in [-0.3, -0.25) is 14.9 Å². The summed E-state index contributed by atoms with van der Waals surface area (Å²) in [7, 11) is 0. The van der Waals surface area contributed by atoms with Crippen LogP contribution in [0.15, 0.2) is 12.1 Å². The van der Waals surface area contributed by atoms with E-state index in [2.05, 4.69) is 0 Å². The van der Waals surface area contributed by atoms with Crippen molar-refractivity contribution in [2.24, 2.45) is 0 Å². The molecule has 1 aromatic carbocycles. The summed E-state index contributed by atoms with van der Waals surface area (Å²) in [6.45, 7) is 1.32. The molecular weight excluding hydrogens is 308 g/mol. The van der Waals surface area contributed by atoms with Crippen molar-refractivity contribution in [1.29, 1.82) is 0 Å². The number of aliphatic hydroxyl groups excluding tert-OH is 2. The Labute approximate surface area is 123 Å². The van der Waals surface area contributed by atoms with Gasteiger partial charge in [0.15, 0.2) is 5.12 Å². The second kappa shape index (κ2) is 6.89. The number of nitrogens with zero attached hydrogens (tertiary/aromatic N) is 1. The number of nitro benzene ring substituents is 1. The largest absolute Gasteiger partial charge is 0.393 e. The number of anilines is 1. The third-order valence-corrected chi connectivity index (χ3v) is 3.63. The number of carbonyl (C=O) groups is 1. The van der Waals surface area contributed by atoms with Crippen LogP contribution >= 0.6 is 23.4 Å². The zero-order chi connectivity index (χ0) is 15.4. The molecule has 9 heteroatoms. The minimum atomic E-state index is -1.47. The van der Waals surface area contributed by atoms with Crippen LogP contribution in [0.25, 0.3) is 0 Å². The SMILES string of the molecule is CC(=O)SCC(O)C(O)c1cc(Cl)cc([N+](=O)[O-])c1N. The van der Waals surface area contributed by atoms with Crippen molar-refractivity contribution in [1.82, 2.24) is 0 Å². The lowest BCUT2D eigenvalue weighted by molar-refractivity contribution is -0.384. The van der Waals surface area contributed by atoms with Crippen molar-refractivity contribution in [3.05, 3.63) is 32.8 Å². The van der Waals surface area contributed by atoms with Gasteiger partial charge in [0.2, 0.25) is 0 Å². The topological polar surface area (TPSA) is 127 Å². The van der Waals surface area contributed by atoms with E-state index in [1.54, 1.807) is 0 Å². The minimum absolute atomic E-state index is 0.0198. The highest BCUT2D eigenvalue weighted by Crippen LogP contribution is 2.34. The summed E-state index contributed by atoms with van der Waals surface area (Å²) in [6.07, 6.45) is -2.77. The molecule has 0 aliphatic carbocycles. The van der Waals surface area contributed by atoms with Gasteiger partial charge >= 0.3 is 0 Å².